The van der Waals surface area contributed by atoms with Crippen molar-refractivity contribution in [2.45, 2.75) is 6.92 Å². The third kappa shape index (κ3) is 5.11. The van der Waals surface area contributed by atoms with Gasteiger partial charge in [0.25, 0.3) is 5.91 Å². The fourth-order valence-electron chi connectivity index (χ4n) is 2.59. The number of methoxy groups -OCH3 is 1. The Morgan fingerprint density at radius 3 is 1.61 bits per heavy atom. The molecule has 0 aliphatic rings. The lowest BCUT2D eigenvalue weighted by Gasteiger charge is -2.10. The van der Waals surface area contributed by atoms with E-state index in [1.807, 2.05) is 48.5 Å². The summed E-state index contributed by atoms with van der Waals surface area (Å²) in [5.74, 6) is 0.419. The van der Waals surface area contributed by atoms with E-state index in [9.17, 15) is 9.59 Å². The summed E-state index contributed by atoms with van der Waals surface area (Å²) in [5, 5.41) is 8.86. The summed E-state index contributed by atoms with van der Waals surface area (Å²) in [6.45, 7) is 1.47. The molecule has 28 heavy (non-hydrogen) atoms. The van der Waals surface area contributed by atoms with E-state index in [-0.39, 0.29) is 11.8 Å². The molecule has 6 heteroatoms. The highest BCUT2D eigenvalue weighted by atomic mass is 16.5. The molecule has 0 aliphatic heterocycles. The van der Waals surface area contributed by atoms with E-state index in [2.05, 4.69) is 16.0 Å². The van der Waals surface area contributed by atoms with Crippen molar-refractivity contribution < 1.29 is 14.3 Å². The molecule has 0 saturated carbocycles. The third-order valence-corrected chi connectivity index (χ3v) is 3.99. The fourth-order valence-corrected chi connectivity index (χ4v) is 2.59. The number of nitrogens with one attached hydrogen (secondary N) is 3. The minimum atomic E-state index is -0.183. The van der Waals surface area contributed by atoms with Gasteiger partial charge in [0.15, 0.2) is 0 Å². The maximum atomic E-state index is 12.3. The van der Waals surface area contributed by atoms with Crippen LogP contribution in [0, 0.1) is 0 Å². The molecule has 0 fully saturated rings. The molecule has 0 radical (unpaired) electrons. The first-order chi connectivity index (χ1) is 13.5. The van der Waals surface area contributed by atoms with Crippen LogP contribution in [0.2, 0.25) is 0 Å². The highest BCUT2D eigenvalue weighted by Crippen LogP contribution is 2.21. The van der Waals surface area contributed by atoms with Crippen LogP contribution in [0.25, 0.3) is 0 Å². The van der Waals surface area contributed by atoms with Crippen LogP contribution in [-0.4, -0.2) is 18.9 Å². The first-order valence-corrected chi connectivity index (χ1v) is 8.73. The van der Waals surface area contributed by atoms with E-state index < -0.39 is 0 Å². The Bertz CT molecular complexity index is 950. The Labute approximate surface area is 163 Å². The average Bonchev–Trinajstić information content (AvgIpc) is 2.70. The smallest absolute Gasteiger partial charge is 0.255 e. The molecule has 142 valence electrons. The highest BCUT2D eigenvalue weighted by Gasteiger charge is 2.06. The zero-order chi connectivity index (χ0) is 19.9. The Morgan fingerprint density at radius 1 is 0.679 bits per heavy atom. The van der Waals surface area contributed by atoms with E-state index in [0.717, 1.165) is 17.1 Å². The first kappa shape index (κ1) is 19.0. The van der Waals surface area contributed by atoms with Gasteiger partial charge in [0, 0.05) is 35.2 Å². The van der Waals surface area contributed by atoms with Gasteiger partial charge in [-0.3, -0.25) is 9.59 Å². The summed E-state index contributed by atoms with van der Waals surface area (Å²) >= 11 is 0. The van der Waals surface area contributed by atoms with Gasteiger partial charge in [-0.25, -0.2) is 0 Å². The number of ether oxygens (including phenoxy) is 1. The van der Waals surface area contributed by atoms with E-state index >= 15 is 0 Å². The predicted molar refractivity (Wildman–Crippen MR) is 111 cm³/mol. The number of hydrogen-bond donors (Lipinski definition) is 3. The molecule has 3 N–H and O–H groups in total. The van der Waals surface area contributed by atoms with Crippen LogP contribution in [0.15, 0.2) is 72.8 Å². The Kier molecular flexibility index (Phi) is 5.91. The number of benzene rings is 3. The third-order valence-electron chi connectivity index (χ3n) is 3.99. The zero-order valence-electron chi connectivity index (χ0n) is 15.7. The minimum Gasteiger partial charge on any atom is -0.497 e. The molecule has 0 bridgehead atoms. The maximum Gasteiger partial charge on any atom is 0.255 e. The molecule has 0 aromatic heterocycles. The molecular formula is C22H21N3O3. The van der Waals surface area contributed by atoms with Crippen LogP contribution in [0.3, 0.4) is 0 Å². The van der Waals surface area contributed by atoms with Crippen LogP contribution < -0.4 is 20.7 Å². The van der Waals surface area contributed by atoms with E-state index in [0.29, 0.717) is 17.0 Å². The van der Waals surface area contributed by atoms with Crippen molar-refractivity contribution in [3.05, 3.63) is 78.4 Å². The number of hydrogen-bond acceptors (Lipinski definition) is 4. The quantitative estimate of drug-likeness (QED) is 0.586. The zero-order valence-corrected chi connectivity index (χ0v) is 15.7. The van der Waals surface area contributed by atoms with Crippen molar-refractivity contribution in [1.82, 2.24) is 0 Å². The van der Waals surface area contributed by atoms with Crippen molar-refractivity contribution in [3.8, 4) is 5.75 Å². The topological polar surface area (TPSA) is 79.5 Å². The van der Waals surface area contributed by atoms with Crippen molar-refractivity contribution >= 4 is 34.6 Å². The van der Waals surface area contributed by atoms with Crippen LogP contribution in [0.1, 0.15) is 17.3 Å². The van der Waals surface area contributed by atoms with Gasteiger partial charge in [-0.1, -0.05) is 0 Å². The SMILES string of the molecule is COc1ccc(C(=O)Nc2ccc(Nc3ccc(NC(C)=O)cc3)cc2)cc1. The number of carbonyl (C=O) groups is 2. The molecule has 3 rings (SSSR count). The summed E-state index contributed by atoms with van der Waals surface area (Å²) in [6, 6.07) is 21.8. The second-order valence-electron chi connectivity index (χ2n) is 6.14. The first-order valence-electron chi connectivity index (χ1n) is 8.73. The summed E-state index contributed by atoms with van der Waals surface area (Å²) in [4.78, 5) is 23.4. The van der Waals surface area contributed by atoms with Gasteiger partial charge in [-0.2, -0.15) is 0 Å². The Balaban J connectivity index is 1.59. The average molecular weight is 375 g/mol. The van der Waals surface area contributed by atoms with Crippen LogP contribution in [-0.2, 0) is 4.79 Å². The summed E-state index contributed by atoms with van der Waals surface area (Å²) in [5.41, 5.74) is 3.78. The molecule has 0 heterocycles. The molecule has 3 aromatic carbocycles. The van der Waals surface area contributed by atoms with Crippen molar-refractivity contribution in [2.75, 3.05) is 23.1 Å². The molecule has 3 aromatic rings. The van der Waals surface area contributed by atoms with Gasteiger partial charge in [-0.05, 0) is 72.8 Å². The second-order valence-corrected chi connectivity index (χ2v) is 6.14. The van der Waals surface area contributed by atoms with Gasteiger partial charge in [0.1, 0.15) is 5.75 Å². The number of rotatable bonds is 6. The highest BCUT2D eigenvalue weighted by molar-refractivity contribution is 6.04. The van der Waals surface area contributed by atoms with Crippen molar-refractivity contribution in [2.24, 2.45) is 0 Å². The molecule has 0 saturated heterocycles. The van der Waals surface area contributed by atoms with Crippen molar-refractivity contribution in [3.63, 3.8) is 0 Å². The van der Waals surface area contributed by atoms with Crippen LogP contribution in [0.5, 0.6) is 5.75 Å². The molecule has 0 aliphatic carbocycles. The van der Waals surface area contributed by atoms with E-state index in [4.69, 9.17) is 4.74 Å². The molecule has 6 nitrogen and oxygen atoms in total. The summed E-state index contributed by atoms with van der Waals surface area (Å²) in [6.07, 6.45) is 0. The second kappa shape index (κ2) is 8.73. The lowest BCUT2D eigenvalue weighted by atomic mass is 10.2. The van der Waals surface area contributed by atoms with Crippen LogP contribution in [0.4, 0.5) is 22.7 Å². The lowest BCUT2D eigenvalue weighted by Crippen LogP contribution is -2.11. The van der Waals surface area contributed by atoms with Gasteiger partial charge in [0.2, 0.25) is 5.91 Å². The standard InChI is InChI=1S/C22H21N3O3/c1-15(26)23-17-5-7-18(8-6-17)24-19-9-11-20(12-10-19)25-22(27)16-3-13-21(28-2)14-4-16/h3-14,24H,1-2H3,(H,23,26)(H,25,27). The molecule has 2 amide bonds. The Hall–Kier alpha value is -3.80. The normalized spacial score (nSPS) is 10.1. The predicted octanol–water partition coefficient (Wildman–Crippen LogP) is 4.65. The van der Waals surface area contributed by atoms with Gasteiger partial charge in [-0.15, -0.1) is 0 Å². The summed E-state index contributed by atoms with van der Waals surface area (Å²) in [7, 11) is 1.59. The number of amides is 2. The molecule has 0 unspecified atom stereocenters. The van der Waals surface area contributed by atoms with Gasteiger partial charge in [0.05, 0.1) is 7.11 Å². The van der Waals surface area contributed by atoms with Gasteiger partial charge < -0.3 is 20.7 Å². The lowest BCUT2D eigenvalue weighted by molar-refractivity contribution is -0.114. The minimum absolute atomic E-state index is 0.104. The van der Waals surface area contributed by atoms with Crippen LogP contribution >= 0.6 is 0 Å². The van der Waals surface area contributed by atoms with Crippen molar-refractivity contribution in [1.29, 1.82) is 0 Å². The summed E-state index contributed by atoms with van der Waals surface area (Å²) < 4.78 is 5.10. The van der Waals surface area contributed by atoms with E-state index in [1.165, 1.54) is 6.92 Å². The molecular weight excluding hydrogens is 354 g/mol. The Morgan fingerprint density at radius 2 is 1.14 bits per heavy atom. The maximum absolute atomic E-state index is 12.3. The number of carbonyl (C=O) groups excluding carboxylic acids is 2. The molecule has 0 spiro atoms. The number of anilines is 4. The van der Waals surface area contributed by atoms with Gasteiger partial charge >= 0.3 is 0 Å². The molecule has 0 atom stereocenters. The van der Waals surface area contributed by atoms with E-state index in [1.54, 1.807) is 31.4 Å². The fraction of sp³-hybridized carbons (Fsp3) is 0.0909. The largest absolute Gasteiger partial charge is 0.497 e. The monoisotopic (exact) mass is 375 g/mol.